The summed E-state index contributed by atoms with van der Waals surface area (Å²) in [5.74, 6) is -2.54. The summed E-state index contributed by atoms with van der Waals surface area (Å²) in [7, 11) is 0. The molecule has 0 aliphatic carbocycles. The Morgan fingerprint density at radius 1 is 1.07 bits per heavy atom. The van der Waals surface area contributed by atoms with Gasteiger partial charge in [0.2, 0.25) is 0 Å². The third kappa shape index (κ3) is 5.72. The van der Waals surface area contributed by atoms with E-state index < -0.39 is 23.4 Å². The molecular formula is C22H18Cl2F2O3S. The summed E-state index contributed by atoms with van der Waals surface area (Å²) in [4.78, 5) is 12.2. The van der Waals surface area contributed by atoms with Gasteiger partial charge in [0, 0.05) is 17.0 Å². The molecule has 30 heavy (non-hydrogen) atoms. The van der Waals surface area contributed by atoms with Gasteiger partial charge in [-0.3, -0.25) is 4.79 Å². The molecule has 3 aromatic rings. The molecule has 8 heteroatoms. The Hall–Kier alpha value is -2.15. The number of benzene rings is 2. The van der Waals surface area contributed by atoms with Crippen LogP contribution in [0.2, 0.25) is 9.36 Å². The summed E-state index contributed by atoms with van der Waals surface area (Å²) in [6.07, 6.45) is 0.221. The molecule has 0 atom stereocenters. The number of aryl methyl sites for hydroxylation is 1. The predicted molar refractivity (Wildman–Crippen MR) is 115 cm³/mol. The second kappa shape index (κ2) is 10.2. The first-order valence-corrected chi connectivity index (χ1v) is 10.7. The number of thiophene rings is 1. The van der Waals surface area contributed by atoms with Crippen molar-refractivity contribution >= 4 is 40.5 Å². The summed E-state index contributed by atoms with van der Waals surface area (Å²) in [5, 5.41) is 0.602. The molecule has 3 rings (SSSR count). The van der Waals surface area contributed by atoms with Gasteiger partial charge in [-0.1, -0.05) is 35.3 Å². The molecular weight excluding hydrogens is 453 g/mol. The molecule has 0 radical (unpaired) electrons. The number of halogens is 4. The fraction of sp³-hybridized carbons (Fsp3) is 0.227. The van der Waals surface area contributed by atoms with E-state index >= 15 is 0 Å². The lowest BCUT2D eigenvalue weighted by atomic mass is 10.1. The first-order valence-electron chi connectivity index (χ1n) is 9.18. The molecule has 0 aliphatic rings. The lowest BCUT2D eigenvalue weighted by Gasteiger charge is -2.11. The molecule has 0 fully saturated rings. The van der Waals surface area contributed by atoms with Crippen LogP contribution in [0.5, 0.6) is 5.75 Å². The van der Waals surface area contributed by atoms with Crippen molar-refractivity contribution in [2.75, 3.05) is 6.61 Å². The normalized spacial score (nSPS) is 10.8. The highest BCUT2D eigenvalue weighted by atomic mass is 35.5. The van der Waals surface area contributed by atoms with Crippen molar-refractivity contribution in [2.24, 2.45) is 0 Å². The Morgan fingerprint density at radius 3 is 2.37 bits per heavy atom. The highest BCUT2D eigenvalue weighted by molar-refractivity contribution is 7.16. The van der Waals surface area contributed by atoms with E-state index in [0.717, 1.165) is 16.0 Å². The van der Waals surface area contributed by atoms with Gasteiger partial charge in [0.1, 0.15) is 6.61 Å². The van der Waals surface area contributed by atoms with E-state index in [1.807, 2.05) is 12.1 Å². The van der Waals surface area contributed by atoms with Crippen LogP contribution in [0.4, 0.5) is 8.78 Å². The quantitative estimate of drug-likeness (QED) is 0.330. The number of hydrogen-bond donors (Lipinski definition) is 0. The van der Waals surface area contributed by atoms with E-state index in [-0.39, 0.29) is 26.1 Å². The van der Waals surface area contributed by atoms with Crippen molar-refractivity contribution in [1.82, 2.24) is 0 Å². The third-order valence-corrected chi connectivity index (χ3v) is 5.75. The molecule has 158 valence electrons. The van der Waals surface area contributed by atoms with Gasteiger partial charge in [0.25, 0.3) is 0 Å². The zero-order chi connectivity index (χ0) is 21.7. The van der Waals surface area contributed by atoms with Gasteiger partial charge in [0.05, 0.1) is 15.8 Å². The monoisotopic (exact) mass is 470 g/mol. The molecule has 0 N–H and O–H groups in total. The summed E-state index contributed by atoms with van der Waals surface area (Å²) >= 11 is 13.4. The SMILES string of the molecule is CCOC(=O)CCc1cc(F)c(OCc2sc(Cl)cc2-c2ccc(Cl)cc2)c(F)c1. The van der Waals surface area contributed by atoms with E-state index in [9.17, 15) is 13.6 Å². The van der Waals surface area contributed by atoms with Crippen molar-refractivity contribution < 1.29 is 23.0 Å². The zero-order valence-corrected chi connectivity index (χ0v) is 18.3. The minimum atomic E-state index is -0.829. The Balaban J connectivity index is 1.73. The Labute approximate surface area is 187 Å². The van der Waals surface area contributed by atoms with Crippen LogP contribution in [0.25, 0.3) is 11.1 Å². The van der Waals surface area contributed by atoms with Crippen LogP contribution in [0, 0.1) is 11.6 Å². The summed E-state index contributed by atoms with van der Waals surface area (Å²) < 4.78 is 39.7. The summed E-state index contributed by atoms with van der Waals surface area (Å²) in [6.45, 7) is 1.91. The maximum absolute atomic E-state index is 14.4. The molecule has 0 unspecified atom stereocenters. The molecule has 1 aromatic heterocycles. The smallest absolute Gasteiger partial charge is 0.306 e. The van der Waals surface area contributed by atoms with Gasteiger partial charge >= 0.3 is 5.97 Å². The first kappa shape index (κ1) is 22.5. The molecule has 3 nitrogen and oxygen atoms in total. The number of rotatable bonds is 8. The minimum absolute atomic E-state index is 0.0467. The number of carbonyl (C=O) groups is 1. The fourth-order valence-corrected chi connectivity index (χ4v) is 4.22. The van der Waals surface area contributed by atoms with Gasteiger partial charge in [-0.25, -0.2) is 8.78 Å². The summed E-state index contributed by atoms with van der Waals surface area (Å²) in [5.41, 5.74) is 2.04. The summed E-state index contributed by atoms with van der Waals surface area (Å²) in [6, 6.07) is 11.3. The van der Waals surface area contributed by atoms with Crippen LogP contribution in [-0.2, 0) is 22.6 Å². The predicted octanol–water partition coefficient (Wildman–Crippen LogP) is 7.07. The number of carbonyl (C=O) groups excluding carboxylic acids is 1. The third-order valence-electron chi connectivity index (χ3n) is 4.26. The Morgan fingerprint density at radius 2 is 1.73 bits per heavy atom. The van der Waals surface area contributed by atoms with Gasteiger partial charge in [-0.05, 0) is 54.8 Å². The van der Waals surface area contributed by atoms with E-state index in [1.165, 1.54) is 23.5 Å². The average Bonchev–Trinajstić information content (AvgIpc) is 3.07. The maximum atomic E-state index is 14.4. The minimum Gasteiger partial charge on any atom is -0.482 e. The fourth-order valence-electron chi connectivity index (χ4n) is 2.89. The van der Waals surface area contributed by atoms with Crippen LogP contribution < -0.4 is 4.74 Å². The average molecular weight is 471 g/mol. The van der Waals surface area contributed by atoms with Crippen molar-refractivity contribution in [3.05, 3.63) is 73.9 Å². The van der Waals surface area contributed by atoms with Gasteiger partial charge in [-0.15, -0.1) is 11.3 Å². The molecule has 0 aliphatic heterocycles. The van der Waals surface area contributed by atoms with Crippen LogP contribution >= 0.6 is 34.5 Å². The Kier molecular flexibility index (Phi) is 7.69. The largest absolute Gasteiger partial charge is 0.482 e. The Bertz CT molecular complexity index is 1010. The molecule has 2 aromatic carbocycles. The van der Waals surface area contributed by atoms with E-state index in [2.05, 4.69) is 0 Å². The van der Waals surface area contributed by atoms with E-state index in [0.29, 0.717) is 14.9 Å². The lowest BCUT2D eigenvalue weighted by molar-refractivity contribution is -0.143. The van der Waals surface area contributed by atoms with Crippen molar-refractivity contribution in [3.63, 3.8) is 0 Å². The van der Waals surface area contributed by atoms with Crippen LogP contribution in [-0.4, -0.2) is 12.6 Å². The number of ether oxygens (including phenoxy) is 2. The van der Waals surface area contributed by atoms with Crippen molar-refractivity contribution in [1.29, 1.82) is 0 Å². The second-order valence-corrected chi connectivity index (χ2v) is 8.58. The molecule has 0 spiro atoms. The topological polar surface area (TPSA) is 35.5 Å². The molecule has 0 saturated carbocycles. The van der Waals surface area contributed by atoms with Gasteiger partial charge in [-0.2, -0.15) is 0 Å². The van der Waals surface area contributed by atoms with Crippen molar-refractivity contribution in [2.45, 2.75) is 26.4 Å². The van der Waals surface area contributed by atoms with Gasteiger partial charge in [0.15, 0.2) is 17.4 Å². The molecule has 0 bridgehead atoms. The van der Waals surface area contributed by atoms with Crippen LogP contribution in [0.1, 0.15) is 23.8 Å². The van der Waals surface area contributed by atoms with Crippen LogP contribution in [0.15, 0.2) is 42.5 Å². The molecule has 1 heterocycles. The first-order chi connectivity index (χ1) is 14.4. The van der Waals surface area contributed by atoms with E-state index in [4.69, 9.17) is 32.7 Å². The second-order valence-electron chi connectivity index (χ2n) is 6.38. The van der Waals surface area contributed by atoms with E-state index in [1.54, 1.807) is 25.1 Å². The standard InChI is InChI=1S/C22H18Cl2F2O3S/c1-2-28-21(27)8-3-13-9-17(25)22(18(26)10-13)29-12-19-16(11-20(24)30-19)14-4-6-15(23)7-5-14/h4-7,9-11H,2-3,8,12H2,1H3. The van der Waals surface area contributed by atoms with Gasteiger partial charge < -0.3 is 9.47 Å². The van der Waals surface area contributed by atoms with Crippen molar-refractivity contribution in [3.8, 4) is 16.9 Å². The molecule has 0 amide bonds. The maximum Gasteiger partial charge on any atom is 0.306 e. The van der Waals surface area contributed by atoms with Crippen LogP contribution in [0.3, 0.4) is 0 Å². The highest BCUT2D eigenvalue weighted by Gasteiger charge is 2.17. The lowest BCUT2D eigenvalue weighted by Crippen LogP contribution is -2.06. The number of esters is 1. The zero-order valence-electron chi connectivity index (χ0n) is 16.0. The number of hydrogen-bond acceptors (Lipinski definition) is 4. The highest BCUT2D eigenvalue weighted by Crippen LogP contribution is 2.36. The molecule has 0 saturated heterocycles.